The van der Waals surface area contributed by atoms with Gasteiger partial charge in [0, 0.05) is 18.0 Å². The van der Waals surface area contributed by atoms with E-state index in [1.54, 1.807) is 0 Å². The van der Waals surface area contributed by atoms with Crippen molar-refractivity contribution in [3.05, 3.63) is 52.0 Å². The molecule has 0 aliphatic heterocycles. The number of hydrogen-bond donors (Lipinski definition) is 1. The number of nitrogens with one attached hydrogen (secondary N) is 1. The first-order valence-corrected chi connectivity index (χ1v) is 9.89. The smallest absolute Gasteiger partial charge is 0.273 e. The quantitative estimate of drug-likeness (QED) is 0.507. The van der Waals surface area contributed by atoms with E-state index in [-0.39, 0.29) is 23.9 Å². The van der Waals surface area contributed by atoms with Crippen molar-refractivity contribution in [1.29, 1.82) is 0 Å². The maximum atomic E-state index is 12.6. The van der Waals surface area contributed by atoms with E-state index < -0.39 is 4.92 Å². The first-order valence-electron chi connectivity index (χ1n) is 9.89. The van der Waals surface area contributed by atoms with Crippen LogP contribution in [0.3, 0.4) is 0 Å². The normalized spacial score (nSPS) is 20.5. The van der Waals surface area contributed by atoms with Crippen LogP contribution in [0.15, 0.2) is 34.7 Å². The number of hydrogen-bond acceptors (Lipinski definition) is 6. The monoisotopic (exact) mass is 399 g/mol. The minimum absolute atomic E-state index is 0.0851. The molecule has 0 spiro atoms. The van der Waals surface area contributed by atoms with Gasteiger partial charge in [-0.2, -0.15) is 0 Å². The van der Waals surface area contributed by atoms with Crippen LogP contribution in [0.25, 0.3) is 0 Å². The van der Waals surface area contributed by atoms with E-state index in [9.17, 15) is 14.9 Å². The summed E-state index contributed by atoms with van der Waals surface area (Å²) in [6.07, 6.45) is 3.32. The fraction of sp³-hybridized carbons (Fsp3) is 0.476. The number of rotatable bonds is 9. The highest BCUT2D eigenvalue weighted by atomic mass is 16.6. The molecule has 2 aromatic rings. The molecule has 2 fully saturated rings. The van der Waals surface area contributed by atoms with Crippen molar-refractivity contribution >= 4 is 17.3 Å². The lowest BCUT2D eigenvalue weighted by Gasteiger charge is -2.20. The van der Waals surface area contributed by atoms with Crippen LogP contribution in [-0.4, -0.2) is 35.4 Å². The molecule has 1 aromatic carbocycles. The Hall–Kier alpha value is -2.87. The Morgan fingerprint density at radius 1 is 1.34 bits per heavy atom. The molecule has 1 heterocycles. The maximum absolute atomic E-state index is 12.6. The molecule has 8 nitrogen and oxygen atoms in total. The van der Waals surface area contributed by atoms with E-state index in [0.29, 0.717) is 30.1 Å². The highest BCUT2D eigenvalue weighted by Crippen LogP contribution is 2.47. The van der Waals surface area contributed by atoms with Gasteiger partial charge < -0.3 is 14.5 Å². The molecule has 1 aromatic heterocycles. The summed E-state index contributed by atoms with van der Waals surface area (Å²) in [5.74, 6) is 3.23. The maximum Gasteiger partial charge on any atom is 0.273 e. The molecule has 2 aliphatic carbocycles. The van der Waals surface area contributed by atoms with Crippen LogP contribution in [0.4, 0.5) is 11.4 Å². The first kappa shape index (κ1) is 19.4. The Kier molecular flexibility index (Phi) is 5.27. The highest BCUT2D eigenvalue weighted by Gasteiger charge is 2.37. The van der Waals surface area contributed by atoms with E-state index in [1.807, 2.05) is 6.07 Å². The van der Waals surface area contributed by atoms with Crippen LogP contribution in [-0.2, 0) is 11.3 Å². The van der Waals surface area contributed by atoms with Crippen LogP contribution in [0.2, 0.25) is 0 Å². The van der Waals surface area contributed by atoms with Gasteiger partial charge in [0.1, 0.15) is 17.3 Å². The van der Waals surface area contributed by atoms with Crippen molar-refractivity contribution in [2.45, 2.75) is 44.7 Å². The Labute approximate surface area is 169 Å². The van der Waals surface area contributed by atoms with Gasteiger partial charge in [0.05, 0.1) is 36.9 Å². The number of amides is 1. The molecule has 2 atom stereocenters. The number of carbonyl (C=O) groups is 1. The number of anilines is 1. The number of carbonyl (C=O) groups excluding carboxylic acids is 1. The third kappa shape index (κ3) is 4.59. The number of benzene rings is 1. The second kappa shape index (κ2) is 7.87. The lowest BCUT2D eigenvalue weighted by Crippen LogP contribution is -2.34. The predicted octanol–water partition coefficient (Wildman–Crippen LogP) is 3.92. The van der Waals surface area contributed by atoms with Crippen molar-refractivity contribution in [3.8, 4) is 5.75 Å². The zero-order valence-corrected chi connectivity index (χ0v) is 16.6. The molecule has 0 unspecified atom stereocenters. The number of furan rings is 1. The lowest BCUT2D eigenvalue weighted by molar-refractivity contribution is -0.384. The van der Waals surface area contributed by atoms with Crippen LogP contribution in [0.5, 0.6) is 5.75 Å². The van der Waals surface area contributed by atoms with Gasteiger partial charge in [-0.05, 0) is 43.4 Å². The van der Waals surface area contributed by atoms with E-state index in [1.165, 1.54) is 31.7 Å². The molecular weight excluding hydrogens is 374 g/mol. The first-order chi connectivity index (χ1) is 13.9. The van der Waals surface area contributed by atoms with Crippen molar-refractivity contribution in [3.63, 3.8) is 0 Å². The molecule has 154 valence electrons. The number of nitrogens with zero attached hydrogens (tertiary/aromatic N) is 2. The Morgan fingerprint density at radius 2 is 2.10 bits per heavy atom. The lowest BCUT2D eigenvalue weighted by atomic mass is 10.2. The second-order valence-electron chi connectivity index (χ2n) is 7.95. The number of ether oxygens (including phenoxy) is 1. The summed E-state index contributed by atoms with van der Waals surface area (Å²) in [4.78, 5) is 25.2. The summed E-state index contributed by atoms with van der Waals surface area (Å²) in [6.45, 7) is 3.04. The van der Waals surface area contributed by atoms with Crippen molar-refractivity contribution < 1.29 is 18.9 Å². The van der Waals surface area contributed by atoms with Crippen molar-refractivity contribution in [2.75, 3.05) is 19.0 Å². The molecule has 2 saturated carbocycles. The van der Waals surface area contributed by atoms with Gasteiger partial charge in [-0.25, -0.2) is 0 Å². The number of nitro benzene ring substituents is 1. The summed E-state index contributed by atoms with van der Waals surface area (Å²) in [5, 5.41) is 13.7. The van der Waals surface area contributed by atoms with Crippen molar-refractivity contribution in [1.82, 2.24) is 4.90 Å². The SMILES string of the molecule is COc1cc([N+](=O)[O-])ccc1NC(=O)CN(Cc1ccc([C@H]2C[C@@H]2C)o1)C1CC1. The third-order valence-electron chi connectivity index (χ3n) is 5.60. The van der Waals surface area contributed by atoms with Gasteiger partial charge in [-0.3, -0.25) is 19.8 Å². The molecular formula is C21H25N3O5. The molecule has 0 bridgehead atoms. The van der Waals surface area contributed by atoms with E-state index in [4.69, 9.17) is 9.15 Å². The zero-order chi connectivity index (χ0) is 20.5. The minimum atomic E-state index is -0.497. The Bertz CT molecular complexity index is 921. The molecule has 0 saturated heterocycles. The van der Waals surface area contributed by atoms with Crippen molar-refractivity contribution in [2.24, 2.45) is 5.92 Å². The zero-order valence-electron chi connectivity index (χ0n) is 16.6. The average Bonchev–Trinajstić information content (AvgIpc) is 3.61. The molecule has 4 rings (SSSR count). The average molecular weight is 399 g/mol. The Morgan fingerprint density at radius 3 is 2.72 bits per heavy atom. The van der Waals surface area contributed by atoms with Gasteiger partial charge in [-0.15, -0.1) is 0 Å². The Balaban J connectivity index is 1.39. The largest absolute Gasteiger partial charge is 0.494 e. The number of methoxy groups -OCH3 is 1. The van der Waals surface area contributed by atoms with Crippen LogP contribution in [0.1, 0.15) is 43.6 Å². The standard InChI is InChI=1S/C21H25N3O5/c1-13-9-17(13)19-8-6-16(29-19)11-23(14-3-4-14)12-21(25)22-18-7-5-15(24(26)27)10-20(18)28-2/h5-8,10,13-14,17H,3-4,9,11-12H2,1-2H3,(H,22,25)/t13-,17-/m0/s1. The highest BCUT2D eigenvalue weighted by molar-refractivity contribution is 5.94. The van der Waals surface area contributed by atoms with Gasteiger partial charge in [-0.1, -0.05) is 6.92 Å². The summed E-state index contributed by atoms with van der Waals surface area (Å²) in [6, 6.07) is 8.58. The van der Waals surface area contributed by atoms with Crippen LogP contribution < -0.4 is 10.1 Å². The molecule has 2 aliphatic rings. The van der Waals surface area contributed by atoms with Gasteiger partial charge in [0.25, 0.3) is 5.69 Å². The molecule has 1 N–H and O–H groups in total. The number of non-ortho nitro benzene ring substituents is 1. The van der Waals surface area contributed by atoms with E-state index in [0.717, 1.165) is 24.4 Å². The molecule has 1 amide bonds. The van der Waals surface area contributed by atoms with E-state index >= 15 is 0 Å². The second-order valence-corrected chi connectivity index (χ2v) is 7.95. The molecule has 0 radical (unpaired) electrons. The van der Waals surface area contributed by atoms with E-state index in [2.05, 4.69) is 23.2 Å². The van der Waals surface area contributed by atoms with Crippen LogP contribution >= 0.6 is 0 Å². The number of nitro groups is 1. The summed E-state index contributed by atoms with van der Waals surface area (Å²) in [5.41, 5.74) is 0.333. The van der Waals surface area contributed by atoms with Gasteiger partial charge >= 0.3 is 0 Å². The topological polar surface area (TPSA) is 97.8 Å². The predicted molar refractivity (Wildman–Crippen MR) is 107 cm³/mol. The fourth-order valence-electron chi connectivity index (χ4n) is 3.62. The summed E-state index contributed by atoms with van der Waals surface area (Å²) >= 11 is 0. The molecule has 8 heteroatoms. The fourth-order valence-corrected chi connectivity index (χ4v) is 3.62. The summed E-state index contributed by atoms with van der Waals surface area (Å²) in [7, 11) is 1.42. The minimum Gasteiger partial charge on any atom is -0.494 e. The van der Waals surface area contributed by atoms with Gasteiger partial charge in [0.2, 0.25) is 5.91 Å². The van der Waals surface area contributed by atoms with Crippen LogP contribution in [0, 0.1) is 16.0 Å². The third-order valence-corrected chi connectivity index (χ3v) is 5.60. The summed E-state index contributed by atoms with van der Waals surface area (Å²) < 4.78 is 11.2. The van der Waals surface area contributed by atoms with Gasteiger partial charge in [0.15, 0.2) is 0 Å². The molecule has 29 heavy (non-hydrogen) atoms.